The van der Waals surface area contributed by atoms with E-state index in [1.54, 1.807) is 41.0 Å². The molecule has 9 nitrogen and oxygen atoms in total. The maximum atomic E-state index is 12.9. The molecule has 1 heterocycles. The third-order valence-corrected chi connectivity index (χ3v) is 6.15. The van der Waals surface area contributed by atoms with E-state index in [9.17, 15) is 19.5 Å². The maximum absolute atomic E-state index is 12.9. The molecule has 0 aliphatic heterocycles. The molecule has 2 N–H and O–H groups in total. The molecule has 0 spiro atoms. The first-order valence-electron chi connectivity index (χ1n) is 11.5. The minimum absolute atomic E-state index is 0.224. The number of fused-ring (bicyclic) bond motifs is 1. The number of nitrogens with zero attached hydrogens (tertiary/aromatic N) is 1. The van der Waals surface area contributed by atoms with E-state index >= 15 is 0 Å². The summed E-state index contributed by atoms with van der Waals surface area (Å²) in [6, 6.07) is 9.82. The lowest BCUT2D eigenvalue weighted by molar-refractivity contribution is 0.0695. The molecule has 0 saturated heterocycles. The van der Waals surface area contributed by atoms with Gasteiger partial charge in [-0.15, -0.1) is 0 Å². The number of alkyl halides is 1. The molecule has 3 aromatic rings. The monoisotopic (exact) mass is 560 g/mol. The lowest BCUT2D eigenvalue weighted by Gasteiger charge is -2.16. The van der Waals surface area contributed by atoms with Crippen molar-refractivity contribution in [3.63, 3.8) is 0 Å². The van der Waals surface area contributed by atoms with Crippen molar-refractivity contribution >= 4 is 44.6 Å². The van der Waals surface area contributed by atoms with Gasteiger partial charge in [-0.3, -0.25) is 10.1 Å². The van der Waals surface area contributed by atoms with Gasteiger partial charge in [-0.2, -0.15) is 0 Å². The molecule has 192 valence electrons. The summed E-state index contributed by atoms with van der Waals surface area (Å²) in [7, 11) is 2.72. The Labute approximate surface area is 217 Å². The Kier molecular flexibility index (Phi) is 9.75. The summed E-state index contributed by atoms with van der Waals surface area (Å²) in [4.78, 5) is 36.5. The van der Waals surface area contributed by atoms with E-state index in [1.165, 1.54) is 26.8 Å². The van der Waals surface area contributed by atoms with Crippen molar-refractivity contribution in [3.05, 3.63) is 58.4 Å². The van der Waals surface area contributed by atoms with Gasteiger partial charge in [-0.1, -0.05) is 35.2 Å². The van der Waals surface area contributed by atoms with E-state index in [0.29, 0.717) is 35.0 Å². The molecule has 0 fully saturated rings. The smallest absolute Gasteiger partial charge is 0.411 e. The Bertz CT molecular complexity index is 1290. The number of hydrogen-bond acceptors (Lipinski definition) is 6. The zero-order chi connectivity index (χ0) is 26.1. The second kappa shape index (κ2) is 13.0. The molecule has 0 aliphatic rings. The highest BCUT2D eigenvalue weighted by atomic mass is 79.9. The maximum Gasteiger partial charge on any atom is 0.411 e. The number of hydrogen-bond donors (Lipinski definition) is 2. The van der Waals surface area contributed by atoms with Crippen molar-refractivity contribution in [2.45, 2.75) is 32.1 Å². The minimum Gasteiger partial charge on any atom is -0.497 e. The Balaban J connectivity index is 2.02. The van der Waals surface area contributed by atoms with Crippen LogP contribution in [0.5, 0.6) is 11.5 Å². The predicted molar refractivity (Wildman–Crippen MR) is 141 cm³/mol. The fraction of sp³-hybridized carbons (Fsp3) is 0.346. The number of nitrogens with one attached hydrogen (secondary N) is 1. The van der Waals surface area contributed by atoms with Gasteiger partial charge in [0.2, 0.25) is 5.43 Å². The van der Waals surface area contributed by atoms with E-state index in [-0.39, 0.29) is 10.9 Å². The standard InChI is InChI=1S/C26H29BrN2O7/c1-34-20-13-17(28-26(33)35-2)12-18(14-20)29-16-22(25(31)32)24(30)21-9-8-19(15-23(21)29)36-11-7-5-3-4-6-10-27/h8-9,12-16H,3-7,10-11H2,1-2H3,(H,28,33)(H,31,32). The van der Waals surface area contributed by atoms with Crippen LogP contribution >= 0.6 is 15.9 Å². The second-order valence-corrected chi connectivity index (χ2v) is 8.86. The third-order valence-electron chi connectivity index (χ3n) is 5.59. The van der Waals surface area contributed by atoms with Crippen LogP contribution in [0.3, 0.4) is 0 Å². The van der Waals surface area contributed by atoms with Gasteiger partial charge >= 0.3 is 12.1 Å². The summed E-state index contributed by atoms with van der Waals surface area (Å²) in [6.45, 7) is 0.531. The van der Waals surface area contributed by atoms with Crippen LogP contribution in [-0.2, 0) is 4.74 Å². The number of anilines is 1. The number of carbonyl (C=O) groups excluding carboxylic acids is 1. The van der Waals surface area contributed by atoms with Crippen molar-refractivity contribution in [1.82, 2.24) is 4.57 Å². The number of aromatic carboxylic acids is 1. The van der Waals surface area contributed by atoms with Crippen LogP contribution in [0, 0.1) is 0 Å². The highest BCUT2D eigenvalue weighted by Crippen LogP contribution is 2.28. The van der Waals surface area contributed by atoms with Crippen molar-refractivity contribution in [2.24, 2.45) is 0 Å². The normalized spacial score (nSPS) is 10.8. The van der Waals surface area contributed by atoms with Gasteiger partial charge in [0, 0.05) is 40.8 Å². The number of carbonyl (C=O) groups is 2. The Hall–Kier alpha value is -3.53. The summed E-state index contributed by atoms with van der Waals surface area (Å²) >= 11 is 3.44. The molecular formula is C26H29BrN2O7. The molecule has 0 radical (unpaired) electrons. The van der Waals surface area contributed by atoms with Crippen LogP contribution < -0.4 is 20.2 Å². The highest BCUT2D eigenvalue weighted by molar-refractivity contribution is 9.09. The number of rotatable bonds is 12. The number of methoxy groups -OCH3 is 2. The number of benzene rings is 2. The first-order valence-corrected chi connectivity index (χ1v) is 12.7. The fourth-order valence-corrected chi connectivity index (χ4v) is 4.16. The summed E-state index contributed by atoms with van der Waals surface area (Å²) in [5.41, 5.74) is 0.314. The zero-order valence-corrected chi connectivity index (χ0v) is 21.8. The van der Waals surface area contributed by atoms with Crippen LogP contribution in [0.15, 0.2) is 47.4 Å². The van der Waals surface area contributed by atoms with Gasteiger partial charge in [0.05, 0.1) is 32.0 Å². The number of carboxylic acid groups (broad SMARTS) is 1. The number of unbranched alkanes of at least 4 members (excludes halogenated alkanes) is 4. The van der Waals surface area contributed by atoms with Crippen molar-refractivity contribution in [3.8, 4) is 17.2 Å². The molecule has 1 amide bonds. The van der Waals surface area contributed by atoms with Gasteiger partial charge < -0.3 is 23.9 Å². The molecular weight excluding hydrogens is 532 g/mol. The molecule has 3 rings (SSSR count). The number of aromatic nitrogens is 1. The summed E-state index contributed by atoms with van der Waals surface area (Å²) in [6.07, 6.45) is 6.03. The fourth-order valence-electron chi connectivity index (χ4n) is 3.76. The topological polar surface area (TPSA) is 116 Å². The van der Waals surface area contributed by atoms with Crippen LogP contribution in [0.4, 0.5) is 10.5 Å². The molecule has 0 atom stereocenters. The van der Waals surface area contributed by atoms with Gasteiger partial charge in [0.1, 0.15) is 17.1 Å². The number of pyridine rings is 1. The quantitative estimate of drug-likeness (QED) is 0.219. The highest BCUT2D eigenvalue weighted by Gasteiger charge is 2.17. The van der Waals surface area contributed by atoms with Gasteiger partial charge in [0.25, 0.3) is 0 Å². The molecule has 2 aromatic carbocycles. The lowest BCUT2D eigenvalue weighted by Crippen LogP contribution is -2.18. The minimum atomic E-state index is -1.34. The van der Waals surface area contributed by atoms with Crippen molar-refractivity contribution in [1.29, 1.82) is 0 Å². The van der Waals surface area contributed by atoms with Crippen molar-refractivity contribution < 1.29 is 28.9 Å². The van der Waals surface area contributed by atoms with Crippen LogP contribution in [-0.4, -0.2) is 47.9 Å². The van der Waals surface area contributed by atoms with E-state index < -0.39 is 17.5 Å². The second-order valence-electron chi connectivity index (χ2n) is 8.07. The molecule has 10 heteroatoms. The van der Waals surface area contributed by atoms with Gasteiger partial charge in [0.15, 0.2) is 0 Å². The van der Waals surface area contributed by atoms with Gasteiger partial charge in [-0.25, -0.2) is 9.59 Å². The molecule has 0 saturated carbocycles. The number of halogens is 1. The Morgan fingerprint density at radius 1 is 1.00 bits per heavy atom. The van der Waals surface area contributed by atoms with Crippen LogP contribution in [0.1, 0.15) is 42.5 Å². The third kappa shape index (κ3) is 6.78. The molecule has 0 unspecified atom stereocenters. The average molecular weight is 561 g/mol. The molecule has 0 aliphatic carbocycles. The first-order chi connectivity index (χ1) is 17.4. The molecule has 0 bridgehead atoms. The van der Waals surface area contributed by atoms with Crippen LogP contribution in [0.25, 0.3) is 16.6 Å². The van der Waals surface area contributed by atoms with E-state index in [1.807, 2.05) is 0 Å². The first kappa shape index (κ1) is 27.1. The van der Waals surface area contributed by atoms with Gasteiger partial charge in [-0.05, 0) is 31.0 Å². The summed E-state index contributed by atoms with van der Waals surface area (Å²) in [5.74, 6) is -0.364. The number of ether oxygens (including phenoxy) is 3. The van der Waals surface area contributed by atoms with Crippen molar-refractivity contribution in [2.75, 3.05) is 31.5 Å². The van der Waals surface area contributed by atoms with E-state index in [2.05, 4.69) is 26.0 Å². The summed E-state index contributed by atoms with van der Waals surface area (Å²) < 4.78 is 17.5. The van der Waals surface area contributed by atoms with E-state index in [4.69, 9.17) is 9.47 Å². The summed E-state index contributed by atoms with van der Waals surface area (Å²) in [5, 5.41) is 13.5. The Morgan fingerprint density at radius 2 is 1.75 bits per heavy atom. The van der Waals surface area contributed by atoms with Crippen LogP contribution in [0.2, 0.25) is 0 Å². The lowest BCUT2D eigenvalue weighted by atomic mass is 10.1. The molecule has 1 aromatic heterocycles. The molecule has 36 heavy (non-hydrogen) atoms. The predicted octanol–water partition coefficient (Wildman–Crippen LogP) is 5.60. The zero-order valence-electron chi connectivity index (χ0n) is 20.2. The SMILES string of the molecule is COC(=O)Nc1cc(OC)cc(-n2cc(C(=O)O)c(=O)c3ccc(OCCCCCCCBr)cc32)c1. The largest absolute Gasteiger partial charge is 0.497 e. The number of amides is 1. The Morgan fingerprint density at radius 3 is 2.44 bits per heavy atom. The average Bonchev–Trinajstić information content (AvgIpc) is 2.87. The number of carboxylic acids is 1. The van der Waals surface area contributed by atoms with E-state index in [0.717, 1.165) is 31.0 Å².